The Balaban J connectivity index is 1.80. The molecule has 2 nitrogen and oxygen atoms in total. The average Bonchev–Trinajstić information content (AvgIpc) is 2.70. The number of hydrogen-bond donors (Lipinski definition) is 1. The molecular weight excluding hydrogens is 244 g/mol. The van der Waals surface area contributed by atoms with E-state index >= 15 is 0 Å². The van der Waals surface area contributed by atoms with E-state index < -0.39 is 0 Å². The van der Waals surface area contributed by atoms with E-state index in [1.165, 1.54) is 30.6 Å². The monoisotopic (exact) mass is 274 g/mol. The standard InChI is InChI=1S/C18H30N2/c1-15(2)19-11-9-16-5-7-17(8-6-16)13-20-12-10-18(3,4)14-20/h5-8,15,19H,9-14H2,1-4H3. The van der Waals surface area contributed by atoms with Gasteiger partial charge in [-0.1, -0.05) is 52.0 Å². The van der Waals surface area contributed by atoms with Crippen LogP contribution in [-0.4, -0.2) is 30.6 Å². The first kappa shape index (κ1) is 15.5. The lowest BCUT2D eigenvalue weighted by Gasteiger charge is -2.19. The van der Waals surface area contributed by atoms with Crippen molar-refractivity contribution in [3.63, 3.8) is 0 Å². The SMILES string of the molecule is CC(C)NCCc1ccc(CN2CCC(C)(C)C2)cc1. The van der Waals surface area contributed by atoms with Gasteiger partial charge in [0, 0.05) is 19.1 Å². The minimum atomic E-state index is 0.502. The van der Waals surface area contributed by atoms with Crippen LogP contribution < -0.4 is 5.32 Å². The van der Waals surface area contributed by atoms with Crippen LogP contribution in [0.2, 0.25) is 0 Å². The maximum atomic E-state index is 3.47. The summed E-state index contributed by atoms with van der Waals surface area (Å²) in [7, 11) is 0. The second kappa shape index (κ2) is 6.73. The van der Waals surface area contributed by atoms with Crippen LogP contribution in [-0.2, 0) is 13.0 Å². The van der Waals surface area contributed by atoms with Gasteiger partial charge in [0.05, 0.1) is 0 Å². The summed E-state index contributed by atoms with van der Waals surface area (Å²) in [5, 5.41) is 3.47. The predicted molar refractivity (Wildman–Crippen MR) is 87.0 cm³/mol. The van der Waals surface area contributed by atoms with Gasteiger partial charge in [-0.3, -0.25) is 4.90 Å². The molecule has 0 unspecified atom stereocenters. The van der Waals surface area contributed by atoms with E-state index in [-0.39, 0.29) is 0 Å². The molecule has 0 aliphatic carbocycles. The second-order valence-electron chi connectivity index (χ2n) is 7.30. The molecule has 0 aromatic heterocycles. The molecule has 0 radical (unpaired) electrons. The number of hydrogen-bond acceptors (Lipinski definition) is 2. The van der Waals surface area contributed by atoms with E-state index in [0.717, 1.165) is 19.5 Å². The molecular formula is C18H30N2. The first-order valence-corrected chi connectivity index (χ1v) is 7.98. The number of nitrogens with one attached hydrogen (secondary N) is 1. The average molecular weight is 274 g/mol. The van der Waals surface area contributed by atoms with E-state index in [2.05, 4.69) is 62.2 Å². The van der Waals surface area contributed by atoms with Gasteiger partial charge in [0.15, 0.2) is 0 Å². The van der Waals surface area contributed by atoms with Crippen molar-refractivity contribution in [1.82, 2.24) is 10.2 Å². The van der Waals surface area contributed by atoms with Crippen molar-refractivity contribution in [2.45, 2.75) is 53.1 Å². The third-order valence-corrected chi connectivity index (χ3v) is 4.15. The first-order valence-electron chi connectivity index (χ1n) is 7.98. The summed E-state index contributed by atoms with van der Waals surface area (Å²) >= 11 is 0. The third-order valence-electron chi connectivity index (χ3n) is 4.15. The van der Waals surface area contributed by atoms with E-state index in [1.807, 2.05) is 0 Å². The molecule has 1 heterocycles. The van der Waals surface area contributed by atoms with Crippen molar-refractivity contribution in [3.05, 3.63) is 35.4 Å². The second-order valence-corrected chi connectivity index (χ2v) is 7.30. The van der Waals surface area contributed by atoms with Gasteiger partial charge in [0.25, 0.3) is 0 Å². The van der Waals surface area contributed by atoms with Gasteiger partial charge in [-0.05, 0) is 42.5 Å². The number of rotatable bonds is 6. The van der Waals surface area contributed by atoms with Crippen molar-refractivity contribution in [3.8, 4) is 0 Å². The van der Waals surface area contributed by atoms with Crippen LogP contribution in [0.15, 0.2) is 24.3 Å². The molecule has 0 amide bonds. The zero-order chi connectivity index (χ0) is 14.6. The van der Waals surface area contributed by atoms with Crippen LogP contribution in [0.4, 0.5) is 0 Å². The maximum Gasteiger partial charge on any atom is 0.0233 e. The van der Waals surface area contributed by atoms with Crippen LogP contribution in [0, 0.1) is 5.41 Å². The maximum absolute atomic E-state index is 3.47. The normalized spacial score (nSPS) is 18.9. The van der Waals surface area contributed by atoms with Gasteiger partial charge in [-0.25, -0.2) is 0 Å². The van der Waals surface area contributed by atoms with Gasteiger partial charge in [0.2, 0.25) is 0 Å². The summed E-state index contributed by atoms with van der Waals surface area (Å²) in [4.78, 5) is 2.58. The van der Waals surface area contributed by atoms with Crippen molar-refractivity contribution < 1.29 is 0 Å². The highest BCUT2D eigenvalue weighted by Gasteiger charge is 2.28. The Labute approximate surface area is 124 Å². The molecule has 1 aromatic carbocycles. The predicted octanol–water partition coefficient (Wildman–Crippen LogP) is 3.46. The Morgan fingerprint density at radius 1 is 1.15 bits per heavy atom. The van der Waals surface area contributed by atoms with Gasteiger partial charge in [-0.2, -0.15) is 0 Å². The molecule has 0 spiro atoms. The molecule has 1 aromatic rings. The summed E-state index contributed by atoms with van der Waals surface area (Å²) < 4.78 is 0. The fourth-order valence-corrected chi connectivity index (χ4v) is 2.93. The molecule has 2 rings (SSSR count). The minimum Gasteiger partial charge on any atom is -0.314 e. The van der Waals surface area contributed by atoms with E-state index in [1.54, 1.807) is 0 Å². The summed E-state index contributed by atoms with van der Waals surface area (Å²) in [6.07, 6.45) is 2.45. The highest BCUT2D eigenvalue weighted by molar-refractivity contribution is 5.23. The molecule has 20 heavy (non-hydrogen) atoms. The molecule has 0 saturated carbocycles. The molecule has 112 valence electrons. The number of likely N-dealkylation sites (tertiary alicyclic amines) is 1. The van der Waals surface area contributed by atoms with Gasteiger partial charge in [-0.15, -0.1) is 0 Å². The van der Waals surface area contributed by atoms with Gasteiger partial charge < -0.3 is 5.32 Å². The smallest absolute Gasteiger partial charge is 0.0233 e. The van der Waals surface area contributed by atoms with E-state index in [0.29, 0.717) is 11.5 Å². The van der Waals surface area contributed by atoms with Crippen LogP contribution in [0.3, 0.4) is 0 Å². The Morgan fingerprint density at radius 2 is 1.80 bits per heavy atom. The highest BCUT2D eigenvalue weighted by atomic mass is 15.1. The third kappa shape index (κ3) is 4.92. The molecule has 1 saturated heterocycles. The van der Waals surface area contributed by atoms with E-state index in [9.17, 15) is 0 Å². The Kier molecular flexibility index (Phi) is 5.22. The lowest BCUT2D eigenvalue weighted by atomic mass is 9.93. The molecule has 1 aliphatic heterocycles. The van der Waals surface area contributed by atoms with Crippen LogP contribution in [0.5, 0.6) is 0 Å². The highest BCUT2D eigenvalue weighted by Crippen LogP contribution is 2.29. The Morgan fingerprint density at radius 3 is 2.35 bits per heavy atom. The first-order chi connectivity index (χ1) is 9.44. The Bertz CT molecular complexity index is 406. The Hall–Kier alpha value is -0.860. The molecule has 1 fully saturated rings. The number of benzene rings is 1. The molecule has 1 aliphatic rings. The molecule has 2 heteroatoms. The van der Waals surface area contributed by atoms with E-state index in [4.69, 9.17) is 0 Å². The topological polar surface area (TPSA) is 15.3 Å². The minimum absolute atomic E-state index is 0.502. The summed E-state index contributed by atoms with van der Waals surface area (Å²) in [6, 6.07) is 9.76. The fourth-order valence-electron chi connectivity index (χ4n) is 2.93. The lowest BCUT2D eigenvalue weighted by Crippen LogP contribution is -2.25. The van der Waals surface area contributed by atoms with Crippen LogP contribution >= 0.6 is 0 Å². The zero-order valence-corrected chi connectivity index (χ0v) is 13.6. The van der Waals surface area contributed by atoms with Crippen LogP contribution in [0.1, 0.15) is 45.2 Å². The summed E-state index contributed by atoms with van der Waals surface area (Å²) in [6.45, 7) is 13.8. The van der Waals surface area contributed by atoms with Gasteiger partial charge >= 0.3 is 0 Å². The lowest BCUT2D eigenvalue weighted by molar-refractivity contribution is 0.284. The van der Waals surface area contributed by atoms with Crippen molar-refractivity contribution in [2.75, 3.05) is 19.6 Å². The molecule has 1 N–H and O–H groups in total. The summed E-state index contributed by atoms with van der Waals surface area (Å²) in [5.41, 5.74) is 3.38. The van der Waals surface area contributed by atoms with Crippen molar-refractivity contribution in [1.29, 1.82) is 0 Å². The number of nitrogens with zero attached hydrogens (tertiary/aromatic N) is 1. The molecule has 0 bridgehead atoms. The van der Waals surface area contributed by atoms with Crippen molar-refractivity contribution >= 4 is 0 Å². The fraction of sp³-hybridized carbons (Fsp3) is 0.667. The van der Waals surface area contributed by atoms with Crippen LogP contribution in [0.25, 0.3) is 0 Å². The quantitative estimate of drug-likeness (QED) is 0.854. The molecule has 0 atom stereocenters. The summed E-state index contributed by atoms with van der Waals surface area (Å²) in [5.74, 6) is 0. The zero-order valence-electron chi connectivity index (χ0n) is 13.6. The largest absolute Gasteiger partial charge is 0.314 e. The van der Waals surface area contributed by atoms with Gasteiger partial charge in [0.1, 0.15) is 0 Å². The van der Waals surface area contributed by atoms with Crippen molar-refractivity contribution in [2.24, 2.45) is 5.41 Å².